The van der Waals surface area contributed by atoms with Crippen LogP contribution >= 0.6 is 22.9 Å². The van der Waals surface area contributed by atoms with Gasteiger partial charge in [-0.15, -0.1) is 0 Å². The van der Waals surface area contributed by atoms with E-state index >= 15 is 0 Å². The predicted molar refractivity (Wildman–Crippen MR) is 73.9 cm³/mol. The molecule has 0 aromatic carbocycles. The average molecular weight is 282 g/mol. The first-order valence-corrected chi connectivity index (χ1v) is 7.09. The van der Waals surface area contributed by atoms with Crippen LogP contribution in [0.3, 0.4) is 0 Å². The SMILES string of the molecule is Clc1nc(Nc2ccsc2)nc(N2CCCC2)n1. The Morgan fingerprint density at radius 2 is 2.06 bits per heavy atom. The monoisotopic (exact) mass is 281 g/mol. The van der Waals surface area contributed by atoms with Gasteiger partial charge in [0, 0.05) is 18.5 Å². The molecule has 0 saturated carbocycles. The Bertz CT molecular complexity index is 524. The van der Waals surface area contributed by atoms with Crippen LogP contribution < -0.4 is 10.2 Å². The summed E-state index contributed by atoms with van der Waals surface area (Å²) in [6.45, 7) is 1.97. The Morgan fingerprint density at radius 3 is 2.78 bits per heavy atom. The summed E-state index contributed by atoms with van der Waals surface area (Å²) in [5.74, 6) is 1.15. The summed E-state index contributed by atoms with van der Waals surface area (Å²) in [5, 5.41) is 7.34. The van der Waals surface area contributed by atoms with Gasteiger partial charge in [-0.3, -0.25) is 0 Å². The quantitative estimate of drug-likeness (QED) is 0.937. The zero-order chi connectivity index (χ0) is 12.4. The molecule has 0 bridgehead atoms. The number of thiophene rings is 1. The molecular formula is C11H12ClN5S. The smallest absolute Gasteiger partial charge is 0.233 e. The van der Waals surface area contributed by atoms with Crippen molar-refractivity contribution in [1.82, 2.24) is 15.0 Å². The van der Waals surface area contributed by atoms with Crippen LogP contribution in [-0.2, 0) is 0 Å². The van der Waals surface area contributed by atoms with E-state index in [2.05, 4.69) is 25.2 Å². The van der Waals surface area contributed by atoms with Crippen molar-refractivity contribution < 1.29 is 0 Å². The summed E-state index contributed by atoms with van der Waals surface area (Å²) in [6.07, 6.45) is 2.35. The summed E-state index contributed by atoms with van der Waals surface area (Å²) in [7, 11) is 0. The van der Waals surface area contributed by atoms with Gasteiger partial charge in [0.2, 0.25) is 17.2 Å². The van der Waals surface area contributed by atoms with E-state index in [-0.39, 0.29) is 5.28 Å². The van der Waals surface area contributed by atoms with E-state index < -0.39 is 0 Å². The number of aromatic nitrogens is 3. The van der Waals surface area contributed by atoms with Crippen molar-refractivity contribution in [3.05, 3.63) is 22.1 Å². The highest BCUT2D eigenvalue weighted by molar-refractivity contribution is 7.08. The first kappa shape index (κ1) is 11.7. The van der Waals surface area contributed by atoms with Crippen LogP contribution in [0.4, 0.5) is 17.6 Å². The van der Waals surface area contributed by atoms with Crippen LogP contribution in [0.1, 0.15) is 12.8 Å². The van der Waals surface area contributed by atoms with Crippen LogP contribution in [0.2, 0.25) is 5.28 Å². The van der Waals surface area contributed by atoms with Crippen molar-refractivity contribution >= 4 is 40.5 Å². The van der Waals surface area contributed by atoms with Crippen molar-refractivity contribution in [2.45, 2.75) is 12.8 Å². The van der Waals surface area contributed by atoms with Gasteiger partial charge in [-0.05, 0) is 35.9 Å². The molecule has 0 radical (unpaired) electrons. The van der Waals surface area contributed by atoms with Gasteiger partial charge in [-0.25, -0.2) is 0 Å². The maximum atomic E-state index is 5.94. The van der Waals surface area contributed by atoms with Gasteiger partial charge >= 0.3 is 0 Å². The maximum absolute atomic E-state index is 5.94. The third-order valence-electron chi connectivity index (χ3n) is 2.76. The largest absolute Gasteiger partial charge is 0.341 e. The van der Waals surface area contributed by atoms with Gasteiger partial charge in [0.15, 0.2) is 0 Å². The van der Waals surface area contributed by atoms with Gasteiger partial charge in [-0.1, -0.05) is 0 Å². The predicted octanol–water partition coefficient (Wildman–Crippen LogP) is 2.93. The number of hydrogen-bond donors (Lipinski definition) is 1. The van der Waals surface area contributed by atoms with Crippen molar-refractivity contribution in [2.24, 2.45) is 0 Å². The number of nitrogens with zero attached hydrogens (tertiary/aromatic N) is 4. The molecule has 1 aliphatic rings. The molecule has 1 aliphatic heterocycles. The second kappa shape index (κ2) is 5.07. The van der Waals surface area contributed by atoms with Crippen LogP contribution in [0.5, 0.6) is 0 Å². The van der Waals surface area contributed by atoms with E-state index in [1.165, 1.54) is 12.8 Å². The molecule has 2 aromatic heterocycles. The molecule has 1 N–H and O–H groups in total. The number of hydrogen-bond acceptors (Lipinski definition) is 6. The second-order valence-electron chi connectivity index (χ2n) is 4.06. The van der Waals surface area contributed by atoms with Crippen LogP contribution in [0.15, 0.2) is 16.8 Å². The van der Waals surface area contributed by atoms with Gasteiger partial charge in [0.1, 0.15) is 0 Å². The molecule has 2 aromatic rings. The van der Waals surface area contributed by atoms with E-state index in [0.717, 1.165) is 18.8 Å². The van der Waals surface area contributed by atoms with Crippen LogP contribution in [-0.4, -0.2) is 28.0 Å². The fraction of sp³-hybridized carbons (Fsp3) is 0.364. The molecule has 3 rings (SSSR count). The minimum atomic E-state index is 0.227. The number of nitrogens with one attached hydrogen (secondary N) is 1. The first-order chi connectivity index (χ1) is 8.81. The lowest BCUT2D eigenvalue weighted by Gasteiger charge is -2.15. The minimum Gasteiger partial charge on any atom is -0.341 e. The third-order valence-corrected chi connectivity index (χ3v) is 3.61. The molecule has 7 heteroatoms. The zero-order valence-corrected chi connectivity index (χ0v) is 11.2. The Kier molecular flexibility index (Phi) is 3.29. The third kappa shape index (κ3) is 2.54. The number of anilines is 3. The summed E-state index contributed by atoms with van der Waals surface area (Å²) in [4.78, 5) is 14.8. The van der Waals surface area contributed by atoms with Gasteiger partial charge < -0.3 is 10.2 Å². The molecule has 18 heavy (non-hydrogen) atoms. The van der Waals surface area contributed by atoms with Crippen LogP contribution in [0.25, 0.3) is 0 Å². The molecular weight excluding hydrogens is 270 g/mol. The lowest BCUT2D eigenvalue weighted by atomic mass is 10.4. The van der Waals surface area contributed by atoms with Gasteiger partial charge in [0.25, 0.3) is 0 Å². The molecule has 0 unspecified atom stereocenters. The molecule has 3 heterocycles. The Labute approximate surface area is 114 Å². The minimum absolute atomic E-state index is 0.227. The summed E-state index contributed by atoms with van der Waals surface area (Å²) < 4.78 is 0. The average Bonchev–Trinajstić information content (AvgIpc) is 3.00. The van der Waals surface area contributed by atoms with Gasteiger partial charge in [-0.2, -0.15) is 26.3 Å². The molecule has 1 saturated heterocycles. The summed E-state index contributed by atoms with van der Waals surface area (Å²) in [5.41, 5.74) is 0.967. The van der Waals surface area contributed by atoms with Crippen molar-refractivity contribution in [3.63, 3.8) is 0 Å². The Morgan fingerprint density at radius 1 is 1.22 bits per heavy atom. The highest BCUT2D eigenvalue weighted by Crippen LogP contribution is 2.21. The molecule has 0 spiro atoms. The topological polar surface area (TPSA) is 53.9 Å². The van der Waals surface area contributed by atoms with Crippen molar-refractivity contribution in [3.8, 4) is 0 Å². The van der Waals surface area contributed by atoms with E-state index in [1.54, 1.807) is 11.3 Å². The molecule has 94 valence electrons. The lowest BCUT2D eigenvalue weighted by molar-refractivity contribution is 0.883. The standard InChI is InChI=1S/C11H12ClN5S/c12-9-14-10(13-8-3-6-18-7-8)16-11(15-9)17-4-1-2-5-17/h3,6-7H,1-2,4-5H2,(H,13,14,15,16). The molecule has 1 fully saturated rings. The van der Waals surface area contributed by atoms with E-state index in [1.807, 2.05) is 16.8 Å². The molecule has 0 aliphatic carbocycles. The van der Waals surface area contributed by atoms with Crippen molar-refractivity contribution in [2.75, 3.05) is 23.3 Å². The number of halogens is 1. The fourth-order valence-corrected chi connectivity index (χ4v) is 2.66. The Balaban J connectivity index is 1.85. The van der Waals surface area contributed by atoms with E-state index in [9.17, 15) is 0 Å². The summed E-state index contributed by atoms with van der Waals surface area (Å²) in [6, 6.07) is 1.97. The maximum Gasteiger partial charge on any atom is 0.233 e. The zero-order valence-electron chi connectivity index (χ0n) is 9.64. The molecule has 0 atom stereocenters. The highest BCUT2D eigenvalue weighted by atomic mass is 35.5. The fourth-order valence-electron chi connectivity index (χ4n) is 1.92. The van der Waals surface area contributed by atoms with E-state index in [4.69, 9.17) is 11.6 Å². The highest BCUT2D eigenvalue weighted by Gasteiger charge is 2.16. The molecule has 0 amide bonds. The molecule has 5 nitrogen and oxygen atoms in total. The van der Waals surface area contributed by atoms with Gasteiger partial charge in [0.05, 0.1) is 5.69 Å². The number of rotatable bonds is 3. The lowest BCUT2D eigenvalue weighted by Crippen LogP contribution is -2.21. The second-order valence-corrected chi connectivity index (χ2v) is 5.18. The summed E-state index contributed by atoms with van der Waals surface area (Å²) >= 11 is 7.56. The first-order valence-electron chi connectivity index (χ1n) is 5.77. The normalized spacial score (nSPS) is 15.1. The van der Waals surface area contributed by atoms with Crippen molar-refractivity contribution in [1.29, 1.82) is 0 Å². The van der Waals surface area contributed by atoms with Crippen LogP contribution in [0, 0.1) is 0 Å². The van der Waals surface area contributed by atoms with E-state index in [0.29, 0.717) is 11.9 Å². The Hall–Kier alpha value is -1.40.